The molecule has 5 aliphatic rings. The zero-order valence-corrected chi connectivity index (χ0v) is 20.7. The van der Waals surface area contributed by atoms with Gasteiger partial charge < -0.3 is 4.90 Å². The molecule has 0 amide bonds. The van der Waals surface area contributed by atoms with Crippen molar-refractivity contribution in [3.8, 4) is 0 Å². The lowest BCUT2D eigenvalue weighted by Crippen LogP contribution is -2.50. The number of benzene rings is 2. The van der Waals surface area contributed by atoms with Crippen LogP contribution in [-0.4, -0.2) is 24.0 Å². The van der Waals surface area contributed by atoms with E-state index in [1.807, 2.05) is 0 Å². The highest BCUT2D eigenvalue weighted by Crippen LogP contribution is 2.66. The lowest BCUT2D eigenvalue weighted by atomic mass is 9.49. The van der Waals surface area contributed by atoms with Gasteiger partial charge in [0.15, 0.2) is 0 Å². The van der Waals surface area contributed by atoms with Gasteiger partial charge in [-0.05, 0) is 141 Å². The summed E-state index contributed by atoms with van der Waals surface area (Å²) >= 11 is 0. The van der Waals surface area contributed by atoms with E-state index in [9.17, 15) is 0 Å². The van der Waals surface area contributed by atoms with Gasteiger partial charge in [-0.25, -0.2) is 0 Å². The molecule has 2 aromatic rings. The first-order valence-electron chi connectivity index (χ1n) is 14.4. The van der Waals surface area contributed by atoms with Crippen molar-refractivity contribution in [1.82, 2.24) is 4.90 Å². The van der Waals surface area contributed by atoms with Crippen molar-refractivity contribution >= 4 is 10.8 Å². The largest absolute Gasteiger partial charge is 0.300 e. The Morgan fingerprint density at radius 2 is 1.58 bits per heavy atom. The molecular weight excluding hydrogens is 398 g/mol. The molecule has 7 rings (SSSR count). The van der Waals surface area contributed by atoms with E-state index in [1.165, 1.54) is 75.2 Å². The fourth-order valence-electron chi connectivity index (χ4n) is 10.2. The molecule has 0 N–H and O–H groups in total. The fraction of sp³-hybridized carbons (Fsp3) is 0.688. The number of hydrogen-bond acceptors (Lipinski definition) is 1. The van der Waals surface area contributed by atoms with E-state index >= 15 is 0 Å². The zero-order valence-electron chi connectivity index (χ0n) is 20.7. The van der Waals surface area contributed by atoms with Crippen LogP contribution in [-0.2, 0) is 0 Å². The van der Waals surface area contributed by atoms with Crippen LogP contribution in [0.1, 0.15) is 89.0 Å². The lowest BCUT2D eigenvalue weighted by Gasteiger charge is -2.57. The Hall–Kier alpha value is -1.34. The molecule has 4 aliphatic carbocycles. The first-order valence-corrected chi connectivity index (χ1v) is 14.4. The molecule has 2 aromatic carbocycles. The number of rotatable bonds is 2. The van der Waals surface area contributed by atoms with Gasteiger partial charge >= 0.3 is 0 Å². The average Bonchev–Trinajstić information content (AvgIpc) is 3.51. The summed E-state index contributed by atoms with van der Waals surface area (Å²) < 4.78 is 0. The second-order valence-corrected chi connectivity index (χ2v) is 12.9. The molecule has 0 bridgehead atoms. The Morgan fingerprint density at radius 1 is 0.758 bits per heavy atom. The van der Waals surface area contributed by atoms with Crippen LogP contribution in [0.15, 0.2) is 42.5 Å². The maximum Gasteiger partial charge on any atom is 0.00981 e. The average molecular weight is 442 g/mol. The Morgan fingerprint density at radius 3 is 2.45 bits per heavy atom. The molecule has 1 unspecified atom stereocenters. The van der Waals surface area contributed by atoms with Crippen LogP contribution in [0, 0.1) is 35.0 Å². The number of nitrogens with zero attached hydrogens (tertiary/aromatic N) is 1. The van der Waals surface area contributed by atoms with Crippen LogP contribution >= 0.6 is 0 Å². The van der Waals surface area contributed by atoms with E-state index in [4.69, 9.17) is 0 Å². The summed E-state index contributed by atoms with van der Waals surface area (Å²) in [4.78, 5) is 2.87. The number of likely N-dealkylation sites (tertiary alicyclic amines) is 1. The third-order valence-corrected chi connectivity index (χ3v) is 11.8. The fourth-order valence-corrected chi connectivity index (χ4v) is 10.2. The molecule has 8 atom stereocenters. The van der Waals surface area contributed by atoms with Gasteiger partial charge in [0.25, 0.3) is 0 Å². The summed E-state index contributed by atoms with van der Waals surface area (Å²) in [7, 11) is 0. The van der Waals surface area contributed by atoms with Crippen molar-refractivity contribution < 1.29 is 0 Å². The van der Waals surface area contributed by atoms with E-state index in [2.05, 4.69) is 54.3 Å². The predicted octanol–water partition coefficient (Wildman–Crippen LogP) is 8.04. The van der Waals surface area contributed by atoms with Crippen molar-refractivity contribution in [2.45, 2.75) is 89.5 Å². The van der Waals surface area contributed by atoms with E-state index in [0.29, 0.717) is 5.41 Å². The molecule has 0 radical (unpaired) electrons. The molecule has 1 saturated heterocycles. The third kappa shape index (κ3) is 3.35. The van der Waals surface area contributed by atoms with Crippen molar-refractivity contribution in [2.24, 2.45) is 35.0 Å². The molecule has 5 fully saturated rings. The van der Waals surface area contributed by atoms with Crippen molar-refractivity contribution in [3.63, 3.8) is 0 Å². The summed E-state index contributed by atoms with van der Waals surface area (Å²) in [6.07, 6.45) is 16.5. The minimum Gasteiger partial charge on any atom is -0.300 e. The van der Waals surface area contributed by atoms with Crippen molar-refractivity contribution in [2.75, 3.05) is 13.1 Å². The molecule has 1 heterocycles. The van der Waals surface area contributed by atoms with E-state index in [-0.39, 0.29) is 0 Å². The van der Waals surface area contributed by atoms with Gasteiger partial charge in [0, 0.05) is 6.04 Å². The maximum absolute atomic E-state index is 2.87. The summed E-state index contributed by atoms with van der Waals surface area (Å²) in [5.41, 5.74) is 2.17. The summed E-state index contributed by atoms with van der Waals surface area (Å²) in [6.45, 7) is 5.49. The van der Waals surface area contributed by atoms with Crippen molar-refractivity contribution in [3.05, 3.63) is 48.0 Å². The minimum atomic E-state index is 0.531. The Bertz CT molecular complexity index is 1000. The van der Waals surface area contributed by atoms with Gasteiger partial charge in [0.1, 0.15) is 0 Å². The predicted molar refractivity (Wildman–Crippen MR) is 138 cm³/mol. The smallest absolute Gasteiger partial charge is 0.00981 e. The molecular formula is C32H43N. The summed E-state index contributed by atoms with van der Waals surface area (Å²) in [6, 6.07) is 17.3. The highest BCUT2D eigenvalue weighted by Gasteiger charge is 2.57. The van der Waals surface area contributed by atoms with Gasteiger partial charge in [0.05, 0.1) is 0 Å². The monoisotopic (exact) mass is 441 g/mol. The third-order valence-electron chi connectivity index (χ3n) is 11.8. The van der Waals surface area contributed by atoms with Crippen LogP contribution in [0.25, 0.3) is 10.8 Å². The topological polar surface area (TPSA) is 3.24 Å². The SMILES string of the molecule is C[C@]12CC[C@H]3[C@@H](CC[C@H]4C[C@@H](N5CCCC5)CC[C@@H]43)[C@@H]1CCC2c1ccc2ccccc2c1. The Balaban J connectivity index is 1.10. The van der Waals surface area contributed by atoms with Crippen molar-refractivity contribution in [1.29, 1.82) is 0 Å². The Kier molecular flexibility index (Phi) is 5.16. The normalized spacial score (nSPS) is 43.2. The standard InChI is InChI=1S/C32H43N/c1-32-17-16-28-27-13-11-26(33-18-4-5-19-33)21-24(27)10-12-29(28)31(32)15-14-30(32)25-9-8-22-6-2-3-7-23(22)20-25/h2-3,6-9,20,24,26-31H,4-5,10-19,21H2,1H3/t24-,26-,27-,28+,29+,30?,31-,32+/m0/s1. The summed E-state index contributed by atoms with van der Waals surface area (Å²) in [5, 5.41) is 2.83. The number of hydrogen-bond donors (Lipinski definition) is 0. The van der Waals surface area contributed by atoms with Gasteiger partial charge in [-0.1, -0.05) is 49.4 Å². The first-order chi connectivity index (χ1) is 16.2. The molecule has 0 spiro atoms. The second kappa shape index (κ2) is 8.11. The highest BCUT2D eigenvalue weighted by molar-refractivity contribution is 5.83. The molecule has 1 nitrogen and oxygen atoms in total. The van der Waals surface area contributed by atoms with Gasteiger partial charge in [-0.3, -0.25) is 0 Å². The molecule has 33 heavy (non-hydrogen) atoms. The minimum absolute atomic E-state index is 0.531. The van der Waals surface area contributed by atoms with Crippen LogP contribution < -0.4 is 0 Å². The maximum atomic E-state index is 2.87. The van der Waals surface area contributed by atoms with Gasteiger partial charge in [-0.2, -0.15) is 0 Å². The number of fused-ring (bicyclic) bond motifs is 6. The molecule has 176 valence electrons. The van der Waals surface area contributed by atoms with E-state index in [1.54, 1.807) is 24.8 Å². The van der Waals surface area contributed by atoms with Gasteiger partial charge in [-0.15, -0.1) is 0 Å². The molecule has 1 heteroatoms. The van der Waals surface area contributed by atoms with Crippen LogP contribution in [0.3, 0.4) is 0 Å². The summed E-state index contributed by atoms with van der Waals surface area (Å²) in [5.74, 6) is 5.94. The quantitative estimate of drug-likeness (QED) is 0.456. The second-order valence-electron chi connectivity index (χ2n) is 12.9. The van der Waals surface area contributed by atoms with E-state index in [0.717, 1.165) is 41.5 Å². The van der Waals surface area contributed by atoms with Gasteiger partial charge in [0.2, 0.25) is 0 Å². The lowest BCUT2D eigenvalue weighted by molar-refractivity contribution is -0.0638. The van der Waals surface area contributed by atoms with Crippen LogP contribution in [0.5, 0.6) is 0 Å². The van der Waals surface area contributed by atoms with Crippen LogP contribution in [0.4, 0.5) is 0 Å². The zero-order chi connectivity index (χ0) is 22.0. The van der Waals surface area contributed by atoms with E-state index < -0.39 is 0 Å². The molecule has 0 aromatic heterocycles. The molecule has 4 saturated carbocycles. The first kappa shape index (κ1) is 21.0. The molecule has 1 aliphatic heterocycles. The highest BCUT2D eigenvalue weighted by atomic mass is 15.2. The van der Waals surface area contributed by atoms with Crippen LogP contribution in [0.2, 0.25) is 0 Å². The Labute approximate surface area is 201 Å².